The van der Waals surface area contributed by atoms with Crippen LogP contribution in [-0.2, 0) is 17.6 Å². The molecule has 1 heterocycles. The van der Waals surface area contributed by atoms with Gasteiger partial charge in [0.1, 0.15) is 5.78 Å². The van der Waals surface area contributed by atoms with Gasteiger partial charge in [-0.1, -0.05) is 12.1 Å². The maximum atomic E-state index is 10.9. The summed E-state index contributed by atoms with van der Waals surface area (Å²) < 4.78 is 0. The van der Waals surface area contributed by atoms with E-state index in [0.29, 0.717) is 6.42 Å². The van der Waals surface area contributed by atoms with Gasteiger partial charge >= 0.3 is 0 Å². The molecule has 1 aliphatic rings. The number of rotatable bonds is 2. The van der Waals surface area contributed by atoms with E-state index < -0.39 is 0 Å². The third-order valence-electron chi connectivity index (χ3n) is 2.33. The van der Waals surface area contributed by atoms with Crippen LogP contribution in [0, 0.1) is 0 Å². The Bertz CT molecular complexity index is 344. The summed E-state index contributed by atoms with van der Waals surface area (Å²) in [5.41, 5.74) is 3.71. The zero-order chi connectivity index (χ0) is 9.26. The first-order valence-electron chi connectivity index (χ1n) is 4.61. The summed E-state index contributed by atoms with van der Waals surface area (Å²) >= 11 is 0. The second-order valence-corrected chi connectivity index (χ2v) is 3.55. The van der Waals surface area contributed by atoms with Crippen LogP contribution in [0.4, 0.5) is 5.69 Å². The lowest BCUT2D eigenvalue weighted by Gasteiger charge is -2.02. The molecule has 2 rings (SSSR count). The zero-order valence-corrected chi connectivity index (χ0v) is 7.76. The Balaban J connectivity index is 2.25. The van der Waals surface area contributed by atoms with Crippen molar-refractivity contribution >= 4 is 11.5 Å². The highest BCUT2D eigenvalue weighted by atomic mass is 16.1. The number of anilines is 1. The minimum absolute atomic E-state index is 0.228. The molecule has 0 saturated carbocycles. The van der Waals surface area contributed by atoms with Crippen molar-refractivity contribution in [1.82, 2.24) is 0 Å². The lowest BCUT2D eigenvalue weighted by molar-refractivity contribution is -0.116. The number of fused-ring (bicyclic) bond motifs is 1. The van der Waals surface area contributed by atoms with E-state index in [-0.39, 0.29) is 5.78 Å². The quantitative estimate of drug-likeness (QED) is 0.742. The van der Waals surface area contributed by atoms with E-state index in [1.54, 1.807) is 6.92 Å². The van der Waals surface area contributed by atoms with E-state index in [9.17, 15) is 4.79 Å². The van der Waals surface area contributed by atoms with Gasteiger partial charge in [0, 0.05) is 18.7 Å². The van der Waals surface area contributed by atoms with Gasteiger partial charge in [-0.3, -0.25) is 4.79 Å². The fourth-order valence-electron chi connectivity index (χ4n) is 1.76. The lowest BCUT2D eigenvalue weighted by atomic mass is 10.0. The molecule has 1 aliphatic heterocycles. The van der Waals surface area contributed by atoms with E-state index >= 15 is 0 Å². The van der Waals surface area contributed by atoms with Gasteiger partial charge in [-0.05, 0) is 30.5 Å². The monoisotopic (exact) mass is 175 g/mol. The van der Waals surface area contributed by atoms with Gasteiger partial charge in [-0.2, -0.15) is 0 Å². The van der Waals surface area contributed by atoms with Crippen LogP contribution in [0.25, 0.3) is 0 Å². The van der Waals surface area contributed by atoms with Crippen LogP contribution >= 0.6 is 0 Å². The van der Waals surface area contributed by atoms with Crippen LogP contribution in [0.2, 0.25) is 0 Å². The first kappa shape index (κ1) is 8.30. The number of benzene rings is 1. The Labute approximate surface area is 78.0 Å². The Kier molecular flexibility index (Phi) is 2.05. The minimum atomic E-state index is 0.228. The van der Waals surface area contributed by atoms with E-state index in [2.05, 4.69) is 17.4 Å². The molecule has 0 fully saturated rings. The van der Waals surface area contributed by atoms with Gasteiger partial charge in [-0.25, -0.2) is 0 Å². The van der Waals surface area contributed by atoms with E-state index in [1.807, 2.05) is 6.07 Å². The van der Waals surface area contributed by atoms with E-state index in [1.165, 1.54) is 11.3 Å². The predicted molar refractivity (Wildman–Crippen MR) is 53.0 cm³/mol. The van der Waals surface area contributed by atoms with Crippen molar-refractivity contribution in [3.63, 3.8) is 0 Å². The summed E-state index contributed by atoms with van der Waals surface area (Å²) in [4.78, 5) is 10.9. The van der Waals surface area contributed by atoms with Crippen LogP contribution < -0.4 is 5.32 Å². The van der Waals surface area contributed by atoms with Gasteiger partial charge in [0.25, 0.3) is 0 Å². The molecule has 2 nitrogen and oxygen atoms in total. The van der Waals surface area contributed by atoms with Gasteiger partial charge < -0.3 is 5.32 Å². The normalized spacial score (nSPS) is 13.6. The number of hydrogen-bond donors (Lipinski definition) is 1. The number of carbonyl (C=O) groups excluding carboxylic acids is 1. The minimum Gasteiger partial charge on any atom is -0.384 e. The molecule has 0 aliphatic carbocycles. The summed E-state index contributed by atoms with van der Waals surface area (Å²) in [6, 6.07) is 6.23. The van der Waals surface area contributed by atoms with Crippen LogP contribution in [0.1, 0.15) is 18.1 Å². The average molecular weight is 175 g/mol. The number of carbonyl (C=O) groups is 1. The van der Waals surface area contributed by atoms with Crippen molar-refractivity contribution in [2.45, 2.75) is 19.8 Å². The number of nitrogens with one attached hydrogen (secondary N) is 1. The maximum Gasteiger partial charge on any atom is 0.134 e. The molecular weight excluding hydrogens is 162 g/mol. The van der Waals surface area contributed by atoms with Gasteiger partial charge in [0.15, 0.2) is 0 Å². The molecule has 0 aromatic heterocycles. The summed E-state index contributed by atoms with van der Waals surface area (Å²) in [6.07, 6.45) is 1.65. The Morgan fingerprint density at radius 1 is 1.54 bits per heavy atom. The van der Waals surface area contributed by atoms with Crippen LogP contribution in [0.5, 0.6) is 0 Å². The standard InChI is InChI=1S/C11H13NO/c1-8(13)6-9-2-3-11-10(7-9)4-5-12-11/h2-3,7,12H,4-6H2,1H3. The van der Waals surface area contributed by atoms with Crippen LogP contribution in [0.15, 0.2) is 18.2 Å². The van der Waals surface area contributed by atoms with E-state index in [4.69, 9.17) is 0 Å². The molecule has 0 radical (unpaired) electrons. The average Bonchev–Trinajstić information content (AvgIpc) is 2.49. The summed E-state index contributed by atoms with van der Waals surface area (Å²) in [5.74, 6) is 0.228. The largest absolute Gasteiger partial charge is 0.384 e. The Morgan fingerprint density at radius 2 is 2.38 bits per heavy atom. The smallest absolute Gasteiger partial charge is 0.134 e. The first-order valence-corrected chi connectivity index (χ1v) is 4.61. The third kappa shape index (κ3) is 1.72. The lowest BCUT2D eigenvalue weighted by Crippen LogP contribution is -1.96. The fraction of sp³-hybridized carbons (Fsp3) is 0.364. The SMILES string of the molecule is CC(=O)Cc1ccc2c(c1)CCN2. The molecule has 1 N–H and O–H groups in total. The zero-order valence-electron chi connectivity index (χ0n) is 7.76. The molecular formula is C11H13NO. The van der Waals surface area contributed by atoms with Crippen molar-refractivity contribution in [3.8, 4) is 0 Å². The van der Waals surface area contributed by atoms with Crippen LogP contribution in [0.3, 0.4) is 0 Å². The fourth-order valence-corrected chi connectivity index (χ4v) is 1.76. The van der Waals surface area contributed by atoms with Crippen molar-refractivity contribution in [3.05, 3.63) is 29.3 Å². The summed E-state index contributed by atoms with van der Waals surface area (Å²) in [5, 5.41) is 3.30. The third-order valence-corrected chi connectivity index (χ3v) is 2.33. The summed E-state index contributed by atoms with van der Waals surface area (Å²) in [7, 11) is 0. The molecule has 0 atom stereocenters. The molecule has 0 unspecified atom stereocenters. The first-order chi connectivity index (χ1) is 6.25. The van der Waals surface area contributed by atoms with Crippen molar-refractivity contribution < 1.29 is 4.79 Å². The Morgan fingerprint density at radius 3 is 3.15 bits per heavy atom. The van der Waals surface area contributed by atoms with Crippen molar-refractivity contribution in [2.24, 2.45) is 0 Å². The van der Waals surface area contributed by atoms with Crippen molar-refractivity contribution in [2.75, 3.05) is 11.9 Å². The molecule has 0 saturated heterocycles. The highest BCUT2D eigenvalue weighted by Crippen LogP contribution is 2.23. The number of hydrogen-bond acceptors (Lipinski definition) is 2. The Hall–Kier alpha value is -1.31. The second-order valence-electron chi connectivity index (χ2n) is 3.55. The second kappa shape index (κ2) is 3.21. The van der Waals surface area contributed by atoms with Gasteiger partial charge in [-0.15, -0.1) is 0 Å². The highest BCUT2D eigenvalue weighted by Gasteiger charge is 2.10. The van der Waals surface area contributed by atoms with Gasteiger partial charge in [0.2, 0.25) is 0 Å². The highest BCUT2D eigenvalue weighted by molar-refractivity contribution is 5.78. The van der Waals surface area contributed by atoms with Crippen molar-refractivity contribution in [1.29, 1.82) is 0 Å². The molecule has 1 aromatic carbocycles. The molecule has 13 heavy (non-hydrogen) atoms. The molecule has 0 bridgehead atoms. The molecule has 0 spiro atoms. The summed E-state index contributed by atoms with van der Waals surface area (Å²) in [6.45, 7) is 2.66. The molecule has 2 heteroatoms. The topological polar surface area (TPSA) is 29.1 Å². The number of Topliss-reactive ketones (excluding diaryl/α,β-unsaturated/α-hetero) is 1. The molecule has 0 amide bonds. The predicted octanol–water partition coefficient (Wildman–Crippen LogP) is 1.79. The number of ketones is 1. The molecule has 68 valence electrons. The van der Waals surface area contributed by atoms with Crippen LogP contribution in [-0.4, -0.2) is 12.3 Å². The van der Waals surface area contributed by atoms with Gasteiger partial charge in [0.05, 0.1) is 0 Å². The maximum absolute atomic E-state index is 10.9. The molecule has 1 aromatic rings. The van der Waals surface area contributed by atoms with E-state index in [0.717, 1.165) is 18.5 Å².